The van der Waals surface area contributed by atoms with Crippen molar-refractivity contribution < 1.29 is 8.83 Å². The number of benzene rings is 5. The summed E-state index contributed by atoms with van der Waals surface area (Å²) in [6.07, 6.45) is 0.432. The van der Waals surface area contributed by atoms with Crippen molar-refractivity contribution >= 4 is 32.9 Å². The Bertz CT molecular complexity index is 2270. The summed E-state index contributed by atoms with van der Waals surface area (Å²) in [5, 5.41) is 1.58. The zero-order chi connectivity index (χ0) is 29.0. The van der Waals surface area contributed by atoms with E-state index in [4.69, 9.17) is 8.83 Å². The second-order valence-electron chi connectivity index (χ2n) is 11.0. The summed E-state index contributed by atoms with van der Waals surface area (Å²) in [6, 6.07) is 33.1. The van der Waals surface area contributed by atoms with Gasteiger partial charge in [-0.15, -0.1) is 0 Å². The van der Waals surface area contributed by atoms with Gasteiger partial charge in [0.25, 0.3) is 0 Å². The highest BCUT2D eigenvalue weighted by Crippen LogP contribution is 2.41. The van der Waals surface area contributed by atoms with Crippen LogP contribution in [0, 0.1) is 20.8 Å². The molecule has 2 heterocycles. The van der Waals surface area contributed by atoms with Gasteiger partial charge in [-0.05, 0) is 67.8 Å². The minimum Gasteiger partial charge on any atom is -0.460 e. The molecular formula is C38H28O4. The van der Waals surface area contributed by atoms with Crippen LogP contribution in [0.4, 0.5) is 0 Å². The van der Waals surface area contributed by atoms with E-state index in [1.54, 1.807) is 0 Å². The molecule has 0 atom stereocenters. The maximum atomic E-state index is 14.5. The first-order valence-electron chi connectivity index (χ1n) is 14.1. The predicted octanol–water partition coefficient (Wildman–Crippen LogP) is 8.90. The molecule has 0 aliphatic carbocycles. The third-order valence-electron chi connectivity index (χ3n) is 7.96. The van der Waals surface area contributed by atoms with Gasteiger partial charge in [0, 0.05) is 17.5 Å². The zero-order valence-corrected chi connectivity index (χ0v) is 23.7. The average molecular weight is 549 g/mol. The molecule has 0 saturated carbocycles. The summed E-state index contributed by atoms with van der Waals surface area (Å²) in [4.78, 5) is 28.4. The molecule has 7 aromatic rings. The van der Waals surface area contributed by atoms with Gasteiger partial charge in [0.1, 0.15) is 22.5 Å². The molecule has 0 aliphatic rings. The van der Waals surface area contributed by atoms with Crippen LogP contribution in [0.25, 0.3) is 55.2 Å². The Labute approximate surface area is 242 Å². The SMILES string of the molecule is Cc1ccc2oc(Cc3ccccc3)c(-c3cc(C)c4c(=O)c5cc(C)ccc5oc4c3-c3ccccc3)c(=O)c2c1. The monoisotopic (exact) mass is 548 g/mol. The highest BCUT2D eigenvalue weighted by molar-refractivity contribution is 6.06. The highest BCUT2D eigenvalue weighted by Gasteiger charge is 2.25. The van der Waals surface area contributed by atoms with Gasteiger partial charge in [0.15, 0.2) is 0 Å². The van der Waals surface area contributed by atoms with Crippen LogP contribution in [-0.4, -0.2) is 0 Å². The van der Waals surface area contributed by atoms with Crippen LogP contribution in [-0.2, 0) is 6.42 Å². The van der Waals surface area contributed by atoms with E-state index in [2.05, 4.69) is 0 Å². The fraction of sp³-hybridized carbons (Fsp3) is 0.105. The molecule has 42 heavy (non-hydrogen) atoms. The van der Waals surface area contributed by atoms with Crippen LogP contribution in [0.3, 0.4) is 0 Å². The lowest BCUT2D eigenvalue weighted by molar-refractivity contribution is 0.551. The Hall–Kier alpha value is -5.22. The number of fused-ring (bicyclic) bond motifs is 3. The van der Waals surface area contributed by atoms with Gasteiger partial charge in [0.2, 0.25) is 10.9 Å². The van der Waals surface area contributed by atoms with Gasteiger partial charge >= 0.3 is 0 Å². The fourth-order valence-corrected chi connectivity index (χ4v) is 5.95. The molecule has 0 bridgehead atoms. The van der Waals surface area contributed by atoms with E-state index in [9.17, 15) is 9.59 Å². The molecule has 0 spiro atoms. The van der Waals surface area contributed by atoms with Crippen LogP contribution >= 0.6 is 0 Å². The highest BCUT2D eigenvalue weighted by atomic mass is 16.3. The zero-order valence-electron chi connectivity index (χ0n) is 23.7. The quantitative estimate of drug-likeness (QED) is 0.206. The van der Waals surface area contributed by atoms with Crippen LogP contribution in [0.5, 0.6) is 0 Å². The summed E-state index contributed by atoms with van der Waals surface area (Å²) in [6.45, 7) is 5.83. The standard InChI is InChI=1S/C38H28O4/c1-22-14-16-30-27(18-22)37(40)35(32(41-30)21-25-10-6-4-7-11-25)29-20-24(3)33-36(39)28-19-23(2)15-17-31(28)42-38(33)34(29)26-12-8-5-9-13-26/h4-20H,21H2,1-3H3. The summed E-state index contributed by atoms with van der Waals surface area (Å²) < 4.78 is 13.1. The minimum absolute atomic E-state index is 0.0816. The summed E-state index contributed by atoms with van der Waals surface area (Å²) in [7, 11) is 0. The van der Waals surface area contributed by atoms with Gasteiger partial charge in [-0.3, -0.25) is 9.59 Å². The van der Waals surface area contributed by atoms with Crippen molar-refractivity contribution in [2.45, 2.75) is 27.2 Å². The maximum Gasteiger partial charge on any atom is 0.200 e. The van der Waals surface area contributed by atoms with Gasteiger partial charge in [-0.1, -0.05) is 83.9 Å². The third kappa shape index (κ3) is 4.24. The topological polar surface area (TPSA) is 60.4 Å². The van der Waals surface area contributed by atoms with Crippen molar-refractivity contribution in [3.63, 3.8) is 0 Å². The molecule has 0 radical (unpaired) electrons. The van der Waals surface area contributed by atoms with E-state index in [1.165, 1.54) is 0 Å². The number of hydrogen-bond donors (Lipinski definition) is 0. The predicted molar refractivity (Wildman–Crippen MR) is 170 cm³/mol. The van der Waals surface area contributed by atoms with Gasteiger partial charge in [0.05, 0.1) is 21.7 Å². The van der Waals surface area contributed by atoms with Gasteiger partial charge < -0.3 is 8.83 Å². The van der Waals surface area contributed by atoms with Crippen molar-refractivity contribution in [3.05, 3.63) is 152 Å². The van der Waals surface area contributed by atoms with Crippen molar-refractivity contribution in [3.8, 4) is 22.3 Å². The van der Waals surface area contributed by atoms with Crippen molar-refractivity contribution in [1.82, 2.24) is 0 Å². The molecule has 2 aromatic heterocycles. The molecule has 0 saturated heterocycles. The van der Waals surface area contributed by atoms with Crippen LogP contribution in [0.1, 0.15) is 28.0 Å². The Kier molecular flexibility index (Phi) is 6.13. The molecule has 204 valence electrons. The number of aryl methyl sites for hydroxylation is 3. The van der Waals surface area contributed by atoms with Crippen LogP contribution in [0.2, 0.25) is 0 Å². The van der Waals surface area contributed by atoms with E-state index >= 15 is 0 Å². The number of hydrogen-bond acceptors (Lipinski definition) is 4. The van der Waals surface area contributed by atoms with Crippen LogP contribution in [0.15, 0.2) is 122 Å². The smallest absolute Gasteiger partial charge is 0.200 e. The Morgan fingerprint density at radius 2 is 1.19 bits per heavy atom. The lowest BCUT2D eigenvalue weighted by atomic mass is 9.88. The van der Waals surface area contributed by atoms with E-state index in [-0.39, 0.29) is 10.9 Å². The fourth-order valence-electron chi connectivity index (χ4n) is 5.95. The van der Waals surface area contributed by atoms with Crippen molar-refractivity contribution in [1.29, 1.82) is 0 Å². The summed E-state index contributed by atoms with van der Waals surface area (Å²) >= 11 is 0. The third-order valence-corrected chi connectivity index (χ3v) is 7.96. The molecule has 4 nitrogen and oxygen atoms in total. The molecular weight excluding hydrogens is 520 g/mol. The second-order valence-corrected chi connectivity index (χ2v) is 11.0. The van der Waals surface area contributed by atoms with E-state index in [0.717, 1.165) is 27.8 Å². The van der Waals surface area contributed by atoms with Crippen LogP contribution < -0.4 is 10.9 Å². The molecule has 0 unspecified atom stereocenters. The number of rotatable bonds is 4. The van der Waals surface area contributed by atoms with E-state index in [1.807, 2.05) is 124 Å². The lowest BCUT2D eigenvalue weighted by Gasteiger charge is -2.18. The average Bonchev–Trinajstić information content (AvgIpc) is 2.99. The first-order chi connectivity index (χ1) is 20.4. The second kappa shape index (κ2) is 10.0. The minimum atomic E-state index is -0.111. The van der Waals surface area contributed by atoms with Gasteiger partial charge in [-0.2, -0.15) is 0 Å². The molecule has 7 rings (SSSR count). The lowest BCUT2D eigenvalue weighted by Crippen LogP contribution is -2.12. The Morgan fingerprint density at radius 1 is 0.595 bits per heavy atom. The first kappa shape index (κ1) is 25.7. The van der Waals surface area contributed by atoms with Crippen molar-refractivity contribution in [2.24, 2.45) is 0 Å². The first-order valence-corrected chi connectivity index (χ1v) is 14.1. The van der Waals surface area contributed by atoms with Gasteiger partial charge in [-0.25, -0.2) is 0 Å². The molecule has 0 N–H and O–H groups in total. The van der Waals surface area contributed by atoms with Crippen molar-refractivity contribution in [2.75, 3.05) is 0 Å². The Balaban J connectivity index is 1.66. The molecule has 4 heteroatoms. The summed E-state index contributed by atoms with van der Waals surface area (Å²) in [5.74, 6) is 0.567. The summed E-state index contributed by atoms with van der Waals surface area (Å²) in [5.41, 5.74) is 7.77. The molecule has 0 amide bonds. The Morgan fingerprint density at radius 3 is 1.86 bits per heavy atom. The van der Waals surface area contributed by atoms with E-state index in [0.29, 0.717) is 61.8 Å². The molecule has 0 aliphatic heterocycles. The maximum absolute atomic E-state index is 14.5. The largest absolute Gasteiger partial charge is 0.460 e. The van der Waals surface area contributed by atoms with E-state index < -0.39 is 0 Å². The molecule has 0 fully saturated rings. The normalized spacial score (nSPS) is 11.5. The molecule has 5 aromatic carbocycles.